The van der Waals surface area contributed by atoms with Crippen LogP contribution < -0.4 is 5.73 Å². The van der Waals surface area contributed by atoms with E-state index in [0.717, 1.165) is 0 Å². The van der Waals surface area contributed by atoms with Crippen molar-refractivity contribution in [1.82, 2.24) is 10.0 Å². The molecule has 0 radical (unpaired) electrons. The van der Waals surface area contributed by atoms with Crippen LogP contribution in [0.25, 0.3) is 0 Å². The second kappa shape index (κ2) is 5.34. The van der Waals surface area contributed by atoms with Crippen LogP contribution in [0, 0.1) is 0 Å². The molecule has 0 atom stereocenters. The highest BCUT2D eigenvalue weighted by atomic mass is 16.7. The van der Waals surface area contributed by atoms with Crippen molar-refractivity contribution in [2.45, 2.75) is 0 Å². The molecule has 0 fully saturated rings. The van der Waals surface area contributed by atoms with Crippen molar-refractivity contribution in [3.63, 3.8) is 0 Å². The molecule has 0 aliphatic carbocycles. The first-order chi connectivity index (χ1) is 11.0. The number of amides is 3. The number of rotatable bonds is 3. The van der Waals surface area contributed by atoms with Gasteiger partial charge in [-0.25, -0.2) is 9.78 Å². The molecule has 0 unspecified atom stereocenters. The zero-order valence-corrected chi connectivity index (χ0v) is 11.6. The van der Waals surface area contributed by atoms with E-state index in [4.69, 9.17) is 10.6 Å². The van der Waals surface area contributed by atoms with E-state index in [1.165, 1.54) is 30.3 Å². The van der Waals surface area contributed by atoms with Gasteiger partial charge in [-0.15, -0.1) is 0 Å². The number of nitrogens with two attached hydrogens (primary N) is 1. The Kier molecular flexibility index (Phi) is 3.34. The fraction of sp³-hybridized carbons (Fsp3) is 0. The molecule has 8 heteroatoms. The summed E-state index contributed by atoms with van der Waals surface area (Å²) in [6.07, 6.45) is 0. The van der Waals surface area contributed by atoms with Gasteiger partial charge in [0.05, 0.1) is 11.1 Å². The van der Waals surface area contributed by atoms with Crippen LogP contribution in [-0.4, -0.2) is 33.7 Å². The number of hydrogen-bond acceptors (Lipinski definition) is 6. The summed E-state index contributed by atoms with van der Waals surface area (Å²) >= 11 is 0. The number of hydroxylamine groups is 2. The molecule has 0 saturated carbocycles. The third kappa shape index (κ3) is 2.42. The zero-order chi connectivity index (χ0) is 16.6. The van der Waals surface area contributed by atoms with Gasteiger partial charge in [-0.3, -0.25) is 14.4 Å². The van der Waals surface area contributed by atoms with Crippen LogP contribution in [0.15, 0.2) is 42.5 Å². The Bertz CT molecular complexity index is 827. The number of carbonyl (C=O) groups excluding carboxylic acids is 4. The van der Waals surface area contributed by atoms with Gasteiger partial charge in [0, 0.05) is 0 Å². The van der Waals surface area contributed by atoms with Gasteiger partial charge in [-0.1, -0.05) is 23.3 Å². The van der Waals surface area contributed by atoms with Gasteiger partial charge in [0.25, 0.3) is 17.7 Å². The fourth-order valence-electron chi connectivity index (χ4n) is 2.07. The Morgan fingerprint density at radius 3 is 2.04 bits per heavy atom. The van der Waals surface area contributed by atoms with Crippen LogP contribution in [0.3, 0.4) is 0 Å². The minimum Gasteiger partial charge on any atom is -0.364 e. The standard InChI is InChI=1S/C15H9N3O5/c16-12(19)10-6-3-7-11(17-10)15(22)23-18-13(20)8-4-1-2-5-9(8)14(18)21/h1-7H,(H2,16,19). The third-order valence-corrected chi connectivity index (χ3v) is 3.14. The number of aromatic nitrogens is 1. The minimum atomic E-state index is -1.05. The topological polar surface area (TPSA) is 120 Å². The Morgan fingerprint density at radius 2 is 1.48 bits per heavy atom. The molecule has 1 aromatic carbocycles. The molecule has 2 N–H and O–H groups in total. The molecule has 0 saturated heterocycles. The second-order valence-corrected chi connectivity index (χ2v) is 4.60. The van der Waals surface area contributed by atoms with E-state index in [1.807, 2.05) is 0 Å². The maximum atomic E-state index is 12.1. The molecular formula is C15H9N3O5. The van der Waals surface area contributed by atoms with Crippen LogP contribution in [0.1, 0.15) is 41.7 Å². The summed E-state index contributed by atoms with van der Waals surface area (Å²) in [6.45, 7) is 0. The van der Waals surface area contributed by atoms with Crippen molar-refractivity contribution in [1.29, 1.82) is 0 Å². The van der Waals surface area contributed by atoms with Gasteiger partial charge < -0.3 is 10.6 Å². The predicted molar refractivity (Wildman–Crippen MR) is 75.1 cm³/mol. The van der Waals surface area contributed by atoms with Crippen molar-refractivity contribution in [2.75, 3.05) is 0 Å². The summed E-state index contributed by atoms with van der Waals surface area (Å²) in [5.41, 5.74) is 4.97. The van der Waals surface area contributed by atoms with Crippen LogP contribution in [0.4, 0.5) is 0 Å². The third-order valence-electron chi connectivity index (χ3n) is 3.14. The number of pyridine rings is 1. The smallest absolute Gasteiger partial charge is 0.364 e. The monoisotopic (exact) mass is 311 g/mol. The van der Waals surface area contributed by atoms with E-state index in [9.17, 15) is 19.2 Å². The number of hydrogen-bond donors (Lipinski definition) is 1. The van der Waals surface area contributed by atoms with E-state index < -0.39 is 23.7 Å². The predicted octanol–water partition coefficient (Wildman–Crippen LogP) is 0.548. The van der Waals surface area contributed by atoms with E-state index in [2.05, 4.69) is 4.98 Å². The molecule has 3 rings (SSSR count). The lowest BCUT2D eigenvalue weighted by Gasteiger charge is -2.12. The second-order valence-electron chi connectivity index (χ2n) is 4.60. The first-order valence-corrected chi connectivity index (χ1v) is 6.46. The Labute approximate surface area is 129 Å². The van der Waals surface area contributed by atoms with Crippen LogP contribution in [0.2, 0.25) is 0 Å². The number of primary amides is 1. The lowest BCUT2D eigenvalue weighted by Crippen LogP contribution is -2.33. The summed E-state index contributed by atoms with van der Waals surface area (Å²) in [5, 5.41) is 0.367. The van der Waals surface area contributed by atoms with Crippen LogP contribution >= 0.6 is 0 Å². The molecule has 114 valence electrons. The van der Waals surface area contributed by atoms with Crippen molar-refractivity contribution in [3.8, 4) is 0 Å². The van der Waals surface area contributed by atoms with Crippen molar-refractivity contribution in [3.05, 3.63) is 65.0 Å². The number of carbonyl (C=O) groups is 4. The first-order valence-electron chi connectivity index (χ1n) is 6.46. The number of imide groups is 1. The van der Waals surface area contributed by atoms with Crippen LogP contribution in [-0.2, 0) is 4.84 Å². The molecule has 0 bridgehead atoms. The van der Waals surface area contributed by atoms with E-state index in [0.29, 0.717) is 5.06 Å². The van der Waals surface area contributed by atoms with Gasteiger partial charge in [-0.2, -0.15) is 0 Å². The summed E-state index contributed by atoms with van der Waals surface area (Å²) in [6, 6.07) is 10.1. The lowest BCUT2D eigenvalue weighted by atomic mass is 10.1. The van der Waals surface area contributed by atoms with Gasteiger partial charge in [-0.05, 0) is 24.3 Å². The zero-order valence-electron chi connectivity index (χ0n) is 11.6. The molecule has 8 nitrogen and oxygen atoms in total. The number of nitrogens with zero attached hydrogens (tertiary/aromatic N) is 2. The SMILES string of the molecule is NC(=O)c1cccc(C(=O)ON2C(=O)c3ccccc3C2=O)n1. The lowest BCUT2D eigenvalue weighted by molar-refractivity contribution is -0.0588. The van der Waals surface area contributed by atoms with Gasteiger partial charge in [0.15, 0.2) is 5.69 Å². The largest absolute Gasteiger partial charge is 0.382 e. The Morgan fingerprint density at radius 1 is 0.913 bits per heavy atom. The van der Waals surface area contributed by atoms with Crippen molar-refractivity contribution < 1.29 is 24.0 Å². The van der Waals surface area contributed by atoms with E-state index in [1.54, 1.807) is 12.1 Å². The van der Waals surface area contributed by atoms with Crippen molar-refractivity contribution in [2.24, 2.45) is 5.73 Å². The highest BCUT2D eigenvalue weighted by molar-refractivity contribution is 6.21. The molecule has 1 aromatic heterocycles. The quantitative estimate of drug-likeness (QED) is 0.826. The maximum absolute atomic E-state index is 12.1. The van der Waals surface area contributed by atoms with Gasteiger partial charge in [0.1, 0.15) is 5.69 Å². The summed E-state index contributed by atoms with van der Waals surface area (Å²) in [7, 11) is 0. The Balaban J connectivity index is 1.85. The van der Waals surface area contributed by atoms with Crippen molar-refractivity contribution >= 4 is 23.7 Å². The van der Waals surface area contributed by atoms with E-state index >= 15 is 0 Å². The van der Waals surface area contributed by atoms with Gasteiger partial charge in [0.2, 0.25) is 0 Å². The molecular weight excluding hydrogens is 302 g/mol. The average molecular weight is 311 g/mol. The molecule has 23 heavy (non-hydrogen) atoms. The Hall–Kier alpha value is -3.55. The minimum absolute atomic E-state index is 0.137. The summed E-state index contributed by atoms with van der Waals surface area (Å²) in [5.74, 6) is -3.36. The molecule has 0 spiro atoms. The average Bonchev–Trinajstić information content (AvgIpc) is 2.80. The summed E-state index contributed by atoms with van der Waals surface area (Å²) in [4.78, 5) is 55.8. The molecule has 2 aromatic rings. The van der Waals surface area contributed by atoms with Gasteiger partial charge >= 0.3 is 5.97 Å². The number of benzene rings is 1. The van der Waals surface area contributed by atoms with E-state index in [-0.39, 0.29) is 22.5 Å². The van der Waals surface area contributed by atoms with Crippen LogP contribution in [0.5, 0.6) is 0 Å². The molecule has 2 heterocycles. The highest BCUT2D eigenvalue weighted by Crippen LogP contribution is 2.23. The highest BCUT2D eigenvalue weighted by Gasteiger charge is 2.39. The first kappa shape index (κ1) is 14.4. The normalized spacial score (nSPS) is 13.0. The molecule has 3 amide bonds. The fourth-order valence-corrected chi connectivity index (χ4v) is 2.07. The summed E-state index contributed by atoms with van der Waals surface area (Å²) < 4.78 is 0. The maximum Gasteiger partial charge on any atom is 0.382 e. The molecule has 1 aliphatic rings. The molecule has 1 aliphatic heterocycles. The number of fused-ring (bicyclic) bond motifs is 1.